The Labute approximate surface area is 71.8 Å². The summed E-state index contributed by atoms with van der Waals surface area (Å²) in [7, 11) is 1.64. The van der Waals surface area contributed by atoms with Crippen molar-refractivity contribution in [3.8, 4) is 5.75 Å². The lowest BCUT2D eigenvalue weighted by Crippen LogP contribution is -1.99. The maximum atomic E-state index is 9.23. The van der Waals surface area contributed by atoms with Crippen molar-refractivity contribution >= 4 is 5.69 Å². The summed E-state index contributed by atoms with van der Waals surface area (Å²) in [6, 6.07) is 5.23. The van der Waals surface area contributed by atoms with Crippen molar-refractivity contribution in [2.45, 2.75) is 6.42 Å². The number of rotatable bonds is 3. The molecule has 0 unspecified atom stereocenters. The second-order valence-electron chi connectivity index (χ2n) is 2.59. The number of phenolic OH excluding ortho intramolecular Hbond substituents is 1. The number of para-hydroxylation sites is 1. The van der Waals surface area contributed by atoms with Crippen molar-refractivity contribution in [1.82, 2.24) is 0 Å². The maximum absolute atomic E-state index is 9.23. The van der Waals surface area contributed by atoms with Gasteiger partial charge in [-0.15, -0.1) is 0 Å². The smallest absolute Gasteiger partial charge is 0.138 e. The van der Waals surface area contributed by atoms with Gasteiger partial charge in [-0.05, 0) is 18.1 Å². The zero-order chi connectivity index (χ0) is 8.97. The van der Waals surface area contributed by atoms with E-state index in [9.17, 15) is 5.11 Å². The Balaban J connectivity index is 2.78. The molecule has 3 N–H and O–H groups in total. The van der Waals surface area contributed by atoms with E-state index in [-0.39, 0.29) is 5.75 Å². The molecular weight excluding hydrogens is 154 g/mol. The van der Waals surface area contributed by atoms with Gasteiger partial charge < -0.3 is 15.6 Å². The first kappa shape index (κ1) is 8.87. The molecule has 0 saturated carbocycles. The van der Waals surface area contributed by atoms with Crippen molar-refractivity contribution in [3.05, 3.63) is 23.8 Å². The van der Waals surface area contributed by atoms with Crippen molar-refractivity contribution in [3.63, 3.8) is 0 Å². The molecule has 0 atom stereocenters. The molecule has 66 valence electrons. The van der Waals surface area contributed by atoms with Crippen LogP contribution in [-0.2, 0) is 11.2 Å². The number of hydrogen-bond acceptors (Lipinski definition) is 3. The number of anilines is 1. The van der Waals surface area contributed by atoms with Crippen LogP contribution in [0, 0.1) is 0 Å². The minimum absolute atomic E-state index is 0.142. The Kier molecular flexibility index (Phi) is 2.94. The third-order valence-corrected chi connectivity index (χ3v) is 1.75. The molecule has 3 nitrogen and oxygen atoms in total. The number of hydrogen-bond donors (Lipinski definition) is 2. The summed E-state index contributed by atoms with van der Waals surface area (Å²) in [4.78, 5) is 0. The average Bonchev–Trinajstić information content (AvgIpc) is 2.08. The quantitative estimate of drug-likeness (QED) is 0.524. The van der Waals surface area contributed by atoms with Crippen molar-refractivity contribution in [2.75, 3.05) is 19.5 Å². The van der Waals surface area contributed by atoms with Gasteiger partial charge in [-0.1, -0.05) is 12.1 Å². The summed E-state index contributed by atoms with van der Waals surface area (Å²) in [6.07, 6.45) is 0.733. The van der Waals surface area contributed by atoms with Crippen LogP contribution in [-0.4, -0.2) is 18.8 Å². The molecule has 0 aliphatic rings. The van der Waals surface area contributed by atoms with E-state index in [4.69, 9.17) is 10.5 Å². The third kappa shape index (κ3) is 1.89. The SMILES string of the molecule is COCCc1cccc(O)c1N. The highest BCUT2D eigenvalue weighted by Gasteiger charge is 2.01. The Hall–Kier alpha value is -1.22. The van der Waals surface area contributed by atoms with E-state index in [1.165, 1.54) is 0 Å². The lowest BCUT2D eigenvalue weighted by atomic mass is 10.1. The summed E-state index contributed by atoms with van der Waals surface area (Å²) in [5.41, 5.74) is 7.00. The Morgan fingerprint density at radius 1 is 1.50 bits per heavy atom. The highest BCUT2D eigenvalue weighted by Crippen LogP contribution is 2.23. The predicted octanol–water partition coefficient (Wildman–Crippen LogP) is 1.16. The van der Waals surface area contributed by atoms with E-state index in [2.05, 4.69) is 0 Å². The van der Waals surface area contributed by atoms with E-state index in [0.717, 1.165) is 12.0 Å². The summed E-state index contributed by atoms with van der Waals surface area (Å²) < 4.78 is 4.90. The molecule has 12 heavy (non-hydrogen) atoms. The standard InChI is InChI=1S/C9H13NO2/c1-12-6-5-7-3-2-4-8(11)9(7)10/h2-4,11H,5-6,10H2,1H3. The molecule has 0 fully saturated rings. The molecule has 3 heteroatoms. The van der Waals surface area contributed by atoms with Crippen molar-refractivity contribution < 1.29 is 9.84 Å². The van der Waals surface area contributed by atoms with Gasteiger partial charge in [0.1, 0.15) is 5.75 Å². The first-order valence-corrected chi connectivity index (χ1v) is 3.81. The molecule has 0 aromatic heterocycles. The fraction of sp³-hybridized carbons (Fsp3) is 0.333. The van der Waals surface area contributed by atoms with E-state index in [1.807, 2.05) is 6.07 Å². The summed E-state index contributed by atoms with van der Waals surface area (Å²) >= 11 is 0. The highest BCUT2D eigenvalue weighted by atomic mass is 16.5. The second kappa shape index (κ2) is 3.97. The molecule has 0 radical (unpaired) electrons. The number of nitrogens with two attached hydrogens (primary N) is 1. The van der Waals surface area contributed by atoms with Gasteiger partial charge in [-0.25, -0.2) is 0 Å². The van der Waals surface area contributed by atoms with Crippen LogP contribution < -0.4 is 5.73 Å². The lowest BCUT2D eigenvalue weighted by molar-refractivity contribution is 0.202. The zero-order valence-corrected chi connectivity index (χ0v) is 7.08. The summed E-state index contributed by atoms with van der Waals surface area (Å²) in [5.74, 6) is 0.142. The number of ether oxygens (including phenoxy) is 1. The van der Waals surface area contributed by atoms with Crippen LogP contribution in [0.2, 0.25) is 0 Å². The van der Waals surface area contributed by atoms with Crippen molar-refractivity contribution in [1.29, 1.82) is 0 Å². The van der Waals surface area contributed by atoms with Crippen LogP contribution in [0.25, 0.3) is 0 Å². The highest BCUT2D eigenvalue weighted by molar-refractivity contribution is 5.57. The van der Waals surface area contributed by atoms with Gasteiger partial charge in [0, 0.05) is 7.11 Å². The van der Waals surface area contributed by atoms with Gasteiger partial charge in [0.15, 0.2) is 0 Å². The van der Waals surface area contributed by atoms with Gasteiger partial charge in [-0.3, -0.25) is 0 Å². The normalized spacial score (nSPS) is 10.1. The van der Waals surface area contributed by atoms with Crippen LogP contribution in [0.4, 0.5) is 5.69 Å². The fourth-order valence-electron chi connectivity index (χ4n) is 1.03. The van der Waals surface area contributed by atoms with Crippen LogP contribution in [0.1, 0.15) is 5.56 Å². The molecule has 0 aliphatic carbocycles. The van der Waals surface area contributed by atoms with E-state index in [1.54, 1.807) is 19.2 Å². The molecule has 0 heterocycles. The molecule has 1 rings (SSSR count). The molecule has 0 amide bonds. The van der Waals surface area contributed by atoms with Crippen LogP contribution in [0.15, 0.2) is 18.2 Å². The zero-order valence-electron chi connectivity index (χ0n) is 7.08. The third-order valence-electron chi connectivity index (χ3n) is 1.75. The molecule has 0 bridgehead atoms. The van der Waals surface area contributed by atoms with Crippen molar-refractivity contribution in [2.24, 2.45) is 0 Å². The Morgan fingerprint density at radius 2 is 2.25 bits per heavy atom. The number of nitrogen functional groups attached to an aromatic ring is 1. The number of phenols is 1. The minimum atomic E-state index is 0.142. The predicted molar refractivity (Wildman–Crippen MR) is 48.1 cm³/mol. The largest absolute Gasteiger partial charge is 0.506 e. The second-order valence-corrected chi connectivity index (χ2v) is 2.59. The first-order valence-electron chi connectivity index (χ1n) is 3.81. The molecular formula is C9H13NO2. The van der Waals surface area contributed by atoms with E-state index >= 15 is 0 Å². The van der Waals surface area contributed by atoms with Gasteiger partial charge in [-0.2, -0.15) is 0 Å². The molecule has 0 aliphatic heterocycles. The summed E-state index contributed by atoms with van der Waals surface area (Å²) in [6.45, 7) is 0.619. The molecule has 0 saturated heterocycles. The number of aromatic hydroxyl groups is 1. The monoisotopic (exact) mass is 167 g/mol. The molecule has 0 spiro atoms. The number of methoxy groups -OCH3 is 1. The topological polar surface area (TPSA) is 55.5 Å². The maximum Gasteiger partial charge on any atom is 0.138 e. The first-order chi connectivity index (χ1) is 5.75. The van der Waals surface area contributed by atoms with Gasteiger partial charge in [0.25, 0.3) is 0 Å². The fourth-order valence-corrected chi connectivity index (χ4v) is 1.03. The number of benzene rings is 1. The van der Waals surface area contributed by atoms with Gasteiger partial charge in [0.2, 0.25) is 0 Å². The van der Waals surface area contributed by atoms with Crippen LogP contribution >= 0.6 is 0 Å². The lowest BCUT2D eigenvalue weighted by Gasteiger charge is -2.05. The van der Waals surface area contributed by atoms with E-state index < -0.39 is 0 Å². The Morgan fingerprint density at radius 3 is 2.92 bits per heavy atom. The Bertz CT molecular complexity index is 261. The van der Waals surface area contributed by atoms with Crippen LogP contribution in [0.3, 0.4) is 0 Å². The summed E-state index contributed by atoms with van der Waals surface area (Å²) in [5, 5.41) is 9.23. The van der Waals surface area contributed by atoms with E-state index in [0.29, 0.717) is 12.3 Å². The minimum Gasteiger partial charge on any atom is -0.506 e. The van der Waals surface area contributed by atoms with Crippen LogP contribution in [0.5, 0.6) is 5.75 Å². The average molecular weight is 167 g/mol. The van der Waals surface area contributed by atoms with Gasteiger partial charge in [0.05, 0.1) is 12.3 Å². The van der Waals surface area contributed by atoms with Gasteiger partial charge >= 0.3 is 0 Å². The molecule has 1 aromatic carbocycles. The molecule has 1 aromatic rings.